The Morgan fingerprint density at radius 1 is 1.18 bits per heavy atom. The number of nitrogens with zero attached hydrogens (tertiary/aromatic N) is 1. The standard InChI is InChI=1S/C17H16ClF3N2O3S2/c1-23(2)28(25,26)11-7-8-13(18)12(9-11)16(24)22-14-5-3-4-6-15(14)27-10-17(19,20)21/h3-9H,10H2,1-2H3,(H,22,24). The molecule has 2 aromatic rings. The Bertz CT molecular complexity index is 980. The largest absolute Gasteiger partial charge is 0.398 e. The fourth-order valence-electron chi connectivity index (χ4n) is 2.09. The van der Waals surface area contributed by atoms with Crippen LogP contribution in [0.15, 0.2) is 52.3 Å². The van der Waals surface area contributed by atoms with Crippen molar-refractivity contribution in [2.24, 2.45) is 0 Å². The second-order valence-electron chi connectivity index (χ2n) is 5.78. The minimum atomic E-state index is -4.36. The first-order valence-electron chi connectivity index (χ1n) is 7.74. The maximum atomic E-state index is 12.6. The van der Waals surface area contributed by atoms with Gasteiger partial charge in [0.05, 0.1) is 26.9 Å². The van der Waals surface area contributed by atoms with Crippen LogP contribution >= 0.6 is 23.4 Å². The number of sulfonamides is 1. The average Bonchev–Trinajstić information content (AvgIpc) is 2.60. The smallest absolute Gasteiger partial charge is 0.321 e. The molecular weight excluding hydrogens is 437 g/mol. The molecule has 2 rings (SSSR count). The molecule has 0 saturated heterocycles. The predicted octanol–water partition coefficient (Wildman–Crippen LogP) is 4.50. The van der Waals surface area contributed by atoms with Crippen molar-refractivity contribution >= 4 is 45.0 Å². The van der Waals surface area contributed by atoms with Crippen molar-refractivity contribution in [2.75, 3.05) is 25.2 Å². The first kappa shape index (κ1) is 22.5. The molecule has 0 fully saturated rings. The Balaban J connectivity index is 2.32. The fraction of sp³-hybridized carbons (Fsp3) is 0.235. The molecule has 0 saturated carbocycles. The van der Waals surface area contributed by atoms with Crippen LogP contribution in [0.2, 0.25) is 5.02 Å². The van der Waals surface area contributed by atoms with Gasteiger partial charge in [0.1, 0.15) is 0 Å². The highest BCUT2D eigenvalue weighted by Crippen LogP contribution is 2.32. The van der Waals surface area contributed by atoms with Gasteiger partial charge in [-0.2, -0.15) is 13.2 Å². The second-order valence-corrected chi connectivity index (χ2v) is 9.36. The number of hydrogen-bond donors (Lipinski definition) is 1. The molecule has 28 heavy (non-hydrogen) atoms. The van der Waals surface area contributed by atoms with Gasteiger partial charge in [-0.1, -0.05) is 23.7 Å². The molecule has 152 valence electrons. The summed E-state index contributed by atoms with van der Waals surface area (Å²) in [5.41, 5.74) is 0.0545. The minimum Gasteiger partial charge on any atom is -0.321 e. The van der Waals surface area contributed by atoms with E-state index in [1.165, 1.54) is 38.4 Å². The summed E-state index contributed by atoms with van der Waals surface area (Å²) in [5, 5.41) is 2.50. The van der Waals surface area contributed by atoms with Gasteiger partial charge in [0, 0.05) is 19.0 Å². The molecule has 2 aromatic carbocycles. The number of anilines is 1. The molecule has 0 spiro atoms. The van der Waals surface area contributed by atoms with E-state index in [0.29, 0.717) is 11.8 Å². The highest BCUT2D eigenvalue weighted by Gasteiger charge is 2.28. The van der Waals surface area contributed by atoms with Crippen LogP contribution < -0.4 is 5.32 Å². The van der Waals surface area contributed by atoms with Crippen LogP contribution in [-0.2, 0) is 10.0 Å². The summed E-state index contributed by atoms with van der Waals surface area (Å²) in [6, 6.07) is 9.66. The Labute approximate surface area is 169 Å². The lowest BCUT2D eigenvalue weighted by Crippen LogP contribution is -2.23. The second kappa shape index (κ2) is 8.73. The number of halogens is 4. The molecular formula is C17H16ClF3N2O3S2. The van der Waals surface area contributed by atoms with Crippen molar-refractivity contribution < 1.29 is 26.4 Å². The molecule has 0 aromatic heterocycles. The number of benzene rings is 2. The molecule has 1 N–H and O–H groups in total. The van der Waals surface area contributed by atoms with Crippen LogP contribution in [0.4, 0.5) is 18.9 Å². The monoisotopic (exact) mass is 452 g/mol. The third kappa shape index (κ3) is 5.63. The highest BCUT2D eigenvalue weighted by atomic mass is 35.5. The summed E-state index contributed by atoms with van der Waals surface area (Å²) < 4.78 is 63.0. The zero-order valence-corrected chi connectivity index (χ0v) is 17.1. The first-order chi connectivity index (χ1) is 12.9. The van der Waals surface area contributed by atoms with Crippen molar-refractivity contribution in [3.8, 4) is 0 Å². The third-order valence-electron chi connectivity index (χ3n) is 3.49. The molecule has 1 amide bonds. The quantitative estimate of drug-likeness (QED) is 0.655. The number of rotatable bonds is 6. The van der Waals surface area contributed by atoms with E-state index in [1.807, 2.05) is 0 Å². The Hall–Kier alpha value is -1.75. The van der Waals surface area contributed by atoms with Crippen LogP contribution in [0.25, 0.3) is 0 Å². The van der Waals surface area contributed by atoms with Gasteiger partial charge in [0.25, 0.3) is 5.91 Å². The van der Waals surface area contributed by atoms with Crippen LogP contribution in [0, 0.1) is 0 Å². The summed E-state index contributed by atoms with van der Waals surface area (Å²) in [6.45, 7) is 0. The molecule has 11 heteroatoms. The highest BCUT2D eigenvalue weighted by molar-refractivity contribution is 7.99. The summed E-state index contributed by atoms with van der Waals surface area (Å²) in [4.78, 5) is 12.7. The Morgan fingerprint density at radius 2 is 1.82 bits per heavy atom. The third-order valence-corrected chi connectivity index (χ3v) is 6.77. The number of carbonyl (C=O) groups is 1. The summed E-state index contributed by atoms with van der Waals surface area (Å²) in [5.74, 6) is -1.85. The van der Waals surface area contributed by atoms with Crippen LogP contribution in [0.1, 0.15) is 10.4 Å². The maximum Gasteiger partial charge on any atom is 0.398 e. The molecule has 0 aliphatic carbocycles. The lowest BCUT2D eigenvalue weighted by atomic mass is 10.2. The van der Waals surface area contributed by atoms with Crippen molar-refractivity contribution in [1.82, 2.24) is 4.31 Å². The molecule has 0 radical (unpaired) electrons. The number of alkyl halides is 3. The lowest BCUT2D eigenvalue weighted by molar-refractivity contribution is -0.105. The van der Waals surface area contributed by atoms with Crippen molar-refractivity contribution in [3.63, 3.8) is 0 Å². The van der Waals surface area contributed by atoms with Gasteiger partial charge in [0.15, 0.2) is 0 Å². The first-order valence-corrected chi connectivity index (χ1v) is 10.5. The van der Waals surface area contributed by atoms with Crippen LogP contribution in [0.5, 0.6) is 0 Å². The fourth-order valence-corrected chi connectivity index (χ4v) is 4.00. The topological polar surface area (TPSA) is 66.5 Å². The molecule has 0 heterocycles. The van der Waals surface area contributed by atoms with Crippen molar-refractivity contribution in [1.29, 1.82) is 0 Å². The van der Waals surface area contributed by atoms with Crippen molar-refractivity contribution in [3.05, 3.63) is 53.1 Å². The minimum absolute atomic E-state index is 0.00984. The van der Waals surface area contributed by atoms with E-state index in [2.05, 4.69) is 5.32 Å². The van der Waals surface area contributed by atoms with Gasteiger partial charge in [-0.3, -0.25) is 4.79 Å². The molecule has 5 nitrogen and oxygen atoms in total. The SMILES string of the molecule is CN(C)S(=O)(=O)c1ccc(Cl)c(C(=O)Nc2ccccc2SCC(F)(F)F)c1. The van der Waals surface area contributed by atoms with Gasteiger partial charge < -0.3 is 5.32 Å². The average molecular weight is 453 g/mol. The molecule has 0 aliphatic heterocycles. The van der Waals surface area contributed by atoms with Gasteiger partial charge in [-0.15, -0.1) is 11.8 Å². The summed E-state index contributed by atoms with van der Waals surface area (Å²) in [7, 11) is -1.10. The maximum absolute atomic E-state index is 12.6. The van der Waals surface area contributed by atoms with E-state index in [4.69, 9.17) is 11.6 Å². The van der Waals surface area contributed by atoms with Crippen LogP contribution in [-0.4, -0.2) is 44.7 Å². The van der Waals surface area contributed by atoms with Gasteiger partial charge in [-0.25, -0.2) is 12.7 Å². The zero-order valence-electron chi connectivity index (χ0n) is 14.7. The van der Waals surface area contributed by atoms with Crippen LogP contribution in [0.3, 0.4) is 0 Å². The van der Waals surface area contributed by atoms with Crippen molar-refractivity contribution in [2.45, 2.75) is 16.0 Å². The van der Waals surface area contributed by atoms with Gasteiger partial charge in [0.2, 0.25) is 10.0 Å². The van der Waals surface area contributed by atoms with E-state index in [9.17, 15) is 26.4 Å². The van der Waals surface area contributed by atoms with Gasteiger partial charge >= 0.3 is 6.18 Å². The van der Waals surface area contributed by atoms with E-state index in [0.717, 1.165) is 10.4 Å². The number of hydrogen-bond acceptors (Lipinski definition) is 4. The molecule has 0 atom stereocenters. The number of nitrogens with one attached hydrogen (secondary N) is 1. The Kier molecular flexibility index (Phi) is 7.02. The number of para-hydroxylation sites is 1. The van der Waals surface area contributed by atoms with Gasteiger partial charge in [-0.05, 0) is 30.3 Å². The van der Waals surface area contributed by atoms with E-state index < -0.39 is 27.9 Å². The molecule has 0 aliphatic rings. The number of carbonyl (C=O) groups excluding carboxylic acids is 1. The van der Waals surface area contributed by atoms with E-state index >= 15 is 0 Å². The lowest BCUT2D eigenvalue weighted by Gasteiger charge is -2.14. The van der Waals surface area contributed by atoms with E-state index in [1.54, 1.807) is 12.1 Å². The molecule has 0 bridgehead atoms. The zero-order chi connectivity index (χ0) is 21.1. The number of thioether (sulfide) groups is 1. The Morgan fingerprint density at radius 3 is 2.43 bits per heavy atom. The summed E-state index contributed by atoms with van der Waals surface area (Å²) in [6.07, 6.45) is -4.36. The summed E-state index contributed by atoms with van der Waals surface area (Å²) >= 11 is 6.56. The van der Waals surface area contributed by atoms with E-state index in [-0.39, 0.29) is 26.1 Å². The predicted molar refractivity (Wildman–Crippen MR) is 103 cm³/mol. The molecule has 0 unspecified atom stereocenters. The number of amides is 1. The normalized spacial score (nSPS) is 12.2.